The minimum Gasteiger partial charge on any atom is -0.444 e. The predicted octanol–water partition coefficient (Wildman–Crippen LogP) is 3.04. The molecular weight excluding hydrogens is 230 g/mol. The third-order valence-electron chi connectivity index (χ3n) is 3.52. The summed E-state index contributed by atoms with van der Waals surface area (Å²) in [6.07, 6.45) is 2.33. The van der Waals surface area contributed by atoms with Gasteiger partial charge >= 0.3 is 6.09 Å². The topological polar surface area (TPSA) is 49.8 Å². The summed E-state index contributed by atoms with van der Waals surface area (Å²) in [5.41, 5.74) is -0.537. The third-order valence-corrected chi connectivity index (χ3v) is 3.52. The van der Waals surface area contributed by atoms with Crippen LogP contribution in [-0.4, -0.2) is 41.9 Å². The van der Waals surface area contributed by atoms with Gasteiger partial charge in [0.25, 0.3) is 0 Å². The van der Waals surface area contributed by atoms with Gasteiger partial charge in [-0.1, -0.05) is 13.8 Å². The molecule has 0 aromatic heterocycles. The molecule has 0 radical (unpaired) electrons. The van der Waals surface area contributed by atoms with Gasteiger partial charge in [0, 0.05) is 20.2 Å². The Balaban J connectivity index is 4.32. The Morgan fingerprint density at radius 1 is 1.22 bits per heavy atom. The molecule has 0 saturated carbocycles. The van der Waals surface area contributed by atoms with Crippen molar-refractivity contribution in [3.8, 4) is 0 Å². The molecule has 0 bridgehead atoms. The van der Waals surface area contributed by atoms with Crippen molar-refractivity contribution in [1.82, 2.24) is 4.90 Å². The molecule has 4 nitrogen and oxygen atoms in total. The fourth-order valence-corrected chi connectivity index (χ4v) is 1.74. The summed E-state index contributed by atoms with van der Waals surface area (Å²) in [7, 11) is 1.74. The number of carbonyl (C=O) groups excluding carboxylic acids is 1. The van der Waals surface area contributed by atoms with E-state index in [1.807, 2.05) is 20.8 Å². The monoisotopic (exact) mass is 259 g/mol. The average molecular weight is 259 g/mol. The van der Waals surface area contributed by atoms with Crippen LogP contribution in [0.15, 0.2) is 0 Å². The molecule has 0 aromatic carbocycles. The van der Waals surface area contributed by atoms with Gasteiger partial charge in [0.1, 0.15) is 5.60 Å². The molecule has 1 amide bonds. The highest BCUT2D eigenvalue weighted by atomic mass is 16.6. The second kappa shape index (κ2) is 6.98. The first-order valence-electron chi connectivity index (χ1n) is 6.74. The van der Waals surface area contributed by atoms with Gasteiger partial charge in [-0.2, -0.15) is 0 Å². The maximum Gasteiger partial charge on any atom is 0.410 e. The van der Waals surface area contributed by atoms with Crippen LogP contribution in [0.4, 0.5) is 4.79 Å². The molecule has 108 valence electrons. The minimum absolute atomic E-state index is 0.0731. The lowest BCUT2D eigenvalue weighted by molar-refractivity contribution is 0.0244. The SMILES string of the molecule is CCC(CC)(CO)CCN(C)C(=O)OC(C)(C)C. The number of hydrogen-bond donors (Lipinski definition) is 1. The fourth-order valence-electron chi connectivity index (χ4n) is 1.74. The first kappa shape index (κ1) is 17.2. The molecule has 0 aliphatic heterocycles. The van der Waals surface area contributed by atoms with Gasteiger partial charge in [-0.3, -0.25) is 0 Å². The molecule has 0 aliphatic carbocycles. The highest BCUT2D eigenvalue weighted by Crippen LogP contribution is 2.30. The van der Waals surface area contributed by atoms with Crippen LogP contribution in [0.5, 0.6) is 0 Å². The number of rotatable bonds is 6. The van der Waals surface area contributed by atoms with E-state index in [0.717, 1.165) is 19.3 Å². The number of hydrogen-bond acceptors (Lipinski definition) is 3. The van der Waals surface area contributed by atoms with Gasteiger partial charge in [0.2, 0.25) is 0 Å². The largest absolute Gasteiger partial charge is 0.444 e. The summed E-state index contributed by atoms with van der Waals surface area (Å²) in [6, 6.07) is 0. The summed E-state index contributed by atoms with van der Waals surface area (Å²) in [4.78, 5) is 13.4. The number of aliphatic hydroxyl groups is 1. The molecule has 0 aromatic rings. The fraction of sp³-hybridized carbons (Fsp3) is 0.929. The summed E-state index contributed by atoms with van der Waals surface area (Å²) in [6.45, 7) is 10.5. The van der Waals surface area contributed by atoms with E-state index in [-0.39, 0.29) is 18.1 Å². The molecule has 4 heteroatoms. The van der Waals surface area contributed by atoms with E-state index in [9.17, 15) is 9.90 Å². The molecule has 0 saturated heterocycles. The third kappa shape index (κ3) is 5.71. The second-order valence-corrected chi connectivity index (χ2v) is 6.02. The predicted molar refractivity (Wildman–Crippen MR) is 73.6 cm³/mol. The van der Waals surface area contributed by atoms with Crippen molar-refractivity contribution in [2.45, 2.75) is 59.5 Å². The quantitative estimate of drug-likeness (QED) is 0.797. The lowest BCUT2D eigenvalue weighted by atomic mass is 9.80. The molecule has 0 rings (SSSR count). The van der Waals surface area contributed by atoms with Crippen molar-refractivity contribution in [3.63, 3.8) is 0 Å². The normalized spacial score (nSPS) is 12.4. The number of nitrogens with zero attached hydrogens (tertiary/aromatic N) is 1. The maximum absolute atomic E-state index is 11.8. The zero-order valence-corrected chi connectivity index (χ0v) is 12.7. The zero-order chi connectivity index (χ0) is 14.4. The molecule has 0 atom stereocenters. The molecule has 0 heterocycles. The van der Waals surface area contributed by atoms with E-state index in [1.165, 1.54) is 0 Å². The number of carbonyl (C=O) groups is 1. The molecule has 0 spiro atoms. The first-order chi connectivity index (χ1) is 8.19. The Hall–Kier alpha value is -0.770. The van der Waals surface area contributed by atoms with Gasteiger partial charge in [0.05, 0.1) is 0 Å². The Labute approximate surface area is 111 Å². The van der Waals surface area contributed by atoms with Crippen molar-refractivity contribution < 1.29 is 14.6 Å². The zero-order valence-electron chi connectivity index (χ0n) is 12.7. The van der Waals surface area contributed by atoms with E-state index in [0.29, 0.717) is 6.54 Å². The van der Waals surface area contributed by atoms with Crippen LogP contribution >= 0.6 is 0 Å². The highest BCUT2D eigenvalue weighted by Gasteiger charge is 2.27. The number of ether oxygens (including phenoxy) is 1. The van der Waals surface area contributed by atoms with Gasteiger partial charge in [0.15, 0.2) is 0 Å². The summed E-state index contributed by atoms with van der Waals surface area (Å²) in [5, 5.41) is 9.48. The Kier molecular flexibility index (Phi) is 6.68. The van der Waals surface area contributed by atoms with Crippen LogP contribution in [0.3, 0.4) is 0 Å². The molecule has 0 fully saturated rings. The van der Waals surface area contributed by atoms with Crippen molar-refractivity contribution >= 4 is 6.09 Å². The van der Waals surface area contributed by atoms with E-state index in [4.69, 9.17) is 4.74 Å². The summed E-state index contributed by atoms with van der Waals surface area (Å²) < 4.78 is 5.29. The molecule has 0 unspecified atom stereocenters. The van der Waals surface area contributed by atoms with Gasteiger partial charge in [-0.05, 0) is 45.4 Å². The van der Waals surface area contributed by atoms with Crippen molar-refractivity contribution in [1.29, 1.82) is 0 Å². The molecular formula is C14H29NO3. The standard InChI is InChI=1S/C14H29NO3/c1-7-14(8-2,11-16)9-10-15(6)12(17)18-13(3,4)5/h16H,7-11H2,1-6H3. The van der Waals surface area contributed by atoms with Crippen LogP contribution in [0.25, 0.3) is 0 Å². The van der Waals surface area contributed by atoms with Crippen molar-refractivity contribution in [2.75, 3.05) is 20.2 Å². The lowest BCUT2D eigenvalue weighted by Gasteiger charge is -2.32. The van der Waals surface area contributed by atoms with E-state index in [1.54, 1.807) is 11.9 Å². The van der Waals surface area contributed by atoms with Gasteiger partial charge in [-0.25, -0.2) is 4.79 Å². The highest BCUT2D eigenvalue weighted by molar-refractivity contribution is 5.67. The molecule has 0 aliphatic rings. The van der Waals surface area contributed by atoms with E-state index < -0.39 is 5.60 Å². The minimum atomic E-state index is -0.463. The maximum atomic E-state index is 11.8. The Morgan fingerprint density at radius 3 is 2.06 bits per heavy atom. The Bertz CT molecular complexity index is 246. The van der Waals surface area contributed by atoms with E-state index in [2.05, 4.69) is 13.8 Å². The smallest absolute Gasteiger partial charge is 0.410 e. The average Bonchev–Trinajstić information content (AvgIpc) is 2.29. The van der Waals surface area contributed by atoms with Gasteiger partial charge in [-0.15, -0.1) is 0 Å². The van der Waals surface area contributed by atoms with Crippen LogP contribution in [-0.2, 0) is 4.74 Å². The Morgan fingerprint density at radius 2 is 1.72 bits per heavy atom. The summed E-state index contributed by atoms with van der Waals surface area (Å²) >= 11 is 0. The summed E-state index contributed by atoms with van der Waals surface area (Å²) in [5.74, 6) is 0. The van der Waals surface area contributed by atoms with E-state index >= 15 is 0 Å². The first-order valence-corrected chi connectivity index (χ1v) is 6.74. The number of aliphatic hydroxyl groups excluding tert-OH is 1. The van der Waals surface area contributed by atoms with Crippen LogP contribution in [0, 0.1) is 5.41 Å². The lowest BCUT2D eigenvalue weighted by Crippen LogP contribution is -2.37. The van der Waals surface area contributed by atoms with Crippen LogP contribution in [0.1, 0.15) is 53.9 Å². The van der Waals surface area contributed by atoms with Crippen LogP contribution < -0.4 is 0 Å². The van der Waals surface area contributed by atoms with Crippen molar-refractivity contribution in [3.05, 3.63) is 0 Å². The van der Waals surface area contributed by atoms with Gasteiger partial charge < -0.3 is 14.7 Å². The van der Waals surface area contributed by atoms with Crippen LogP contribution in [0.2, 0.25) is 0 Å². The molecule has 1 N–H and O–H groups in total. The number of amides is 1. The van der Waals surface area contributed by atoms with Crippen molar-refractivity contribution in [2.24, 2.45) is 5.41 Å². The molecule has 18 heavy (non-hydrogen) atoms. The second-order valence-electron chi connectivity index (χ2n) is 6.02.